The molecule has 2 N–H and O–H groups in total. The number of hydrogen-bond donors (Lipinski definition) is 2. The Morgan fingerprint density at radius 3 is 2.52 bits per heavy atom. The molecule has 0 aliphatic rings. The van der Waals surface area contributed by atoms with Gasteiger partial charge >= 0.3 is 0 Å². The number of para-hydroxylation sites is 1. The second kappa shape index (κ2) is 10.3. The molecule has 4 rings (SSSR count). The van der Waals surface area contributed by atoms with Crippen molar-refractivity contribution in [3.8, 4) is 5.69 Å². The number of carbonyl (C=O) groups excluding carboxylic acids is 2. The van der Waals surface area contributed by atoms with Gasteiger partial charge in [-0.15, -0.1) is 20.4 Å². The standard InChI is InChI=1S/C21H18FN7O2S2/c1-13-25-27-20(33-13)24-18(30)12-32-21-28-26-17(29(21)14-7-3-2-4-8-14)11-23-19(31)15-9-5-6-10-16(15)22/h2-10H,11-12H2,1H3,(H,23,31)(H,24,27,30). The van der Waals surface area contributed by atoms with Crippen LogP contribution in [-0.2, 0) is 11.3 Å². The Balaban J connectivity index is 1.49. The molecule has 0 saturated heterocycles. The highest BCUT2D eigenvalue weighted by Gasteiger charge is 2.18. The number of amides is 2. The summed E-state index contributed by atoms with van der Waals surface area (Å²) < 4.78 is 15.6. The number of hydrogen-bond acceptors (Lipinski definition) is 8. The summed E-state index contributed by atoms with van der Waals surface area (Å²) in [5.74, 6) is -0.906. The zero-order valence-electron chi connectivity index (χ0n) is 17.4. The van der Waals surface area contributed by atoms with Crippen LogP contribution in [0.25, 0.3) is 5.69 Å². The minimum Gasteiger partial charge on any atom is -0.345 e. The molecule has 0 aliphatic heterocycles. The van der Waals surface area contributed by atoms with Crippen LogP contribution >= 0.6 is 23.1 Å². The van der Waals surface area contributed by atoms with E-state index < -0.39 is 11.7 Å². The summed E-state index contributed by atoms with van der Waals surface area (Å²) in [6.07, 6.45) is 0. The maximum absolute atomic E-state index is 13.9. The molecule has 0 radical (unpaired) electrons. The number of carbonyl (C=O) groups is 2. The fraction of sp³-hybridized carbons (Fsp3) is 0.143. The molecule has 33 heavy (non-hydrogen) atoms. The summed E-state index contributed by atoms with van der Waals surface area (Å²) in [7, 11) is 0. The van der Waals surface area contributed by atoms with Gasteiger partial charge in [0.25, 0.3) is 5.91 Å². The summed E-state index contributed by atoms with van der Waals surface area (Å²) in [5, 5.41) is 23.1. The predicted octanol–water partition coefficient (Wildman–Crippen LogP) is 3.23. The summed E-state index contributed by atoms with van der Waals surface area (Å²) in [4.78, 5) is 24.7. The Morgan fingerprint density at radius 2 is 1.79 bits per heavy atom. The quantitative estimate of drug-likeness (QED) is 0.370. The van der Waals surface area contributed by atoms with Gasteiger partial charge in [0.05, 0.1) is 17.9 Å². The van der Waals surface area contributed by atoms with Crippen molar-refractivity contribution in [2.75, 3.05) is 11.1 Å². The lowest BCUT2D eigenvalue weighted by molar-refractivity contribution is -0.113. The summed E-state index contributed by atoms with van der Waals surface area (Å²) in [5.41, 5.74) is 0.710. The molecule has 0 fully saturated rings. The van der Waals surface area contributed by atoms with E-state index in [9.17, 15) is 14.0 Å². The van der Waals surface area contributed by atoms with Gasteiger partial charge in [-0.1, -0.05) is 53.4 Å². The first-order valence-electron chi connectivity index (χ1n) is 9.76. The van der Waals surface area contributed by atoms with Crippen LogP contribution in [0.15, 0.2) is 59.8 Å². The third-order valence-electron chi connectivity index (χ3n) is 4.35. The van der Waals surface area contributed by atoms with Gasteiger partial charge in [-0.3, -0.25) is 19.5 Å². The maximum Gasteiger partial charge on any atom is 0.254 e. The van der Waals surface area contributed by atoms with Crippen LogP contribution in [0.3, 0.4) is 0 Å². The smallest absolute Gasteiger partial charge is 0.254 e. The van der Waals surface area contributed by atoms with E-state index in [2.05, 4.69) is 31.0 Å². The SMILES string of the molecule is Cc1nnc(NC(=O)CSc2nnc(CNC(=O)c3ccccc3F)n2-c2ccccc2)s1. The van der Waals surface area contributed by atoms with Gasteiger partial charge in [0.15, 0.2) is 11.0 Å². The van der Waals surface area contributed by atoms with Crippen molar-refractivity contribution in [2.24, 2.45) is 0 Å². The van der Waals surface area contributed by atoms with Gasteiger partial charge in [0.2, 0.25) is 11.0 Å². The zero-order valence-corrected chi connectivity index (χ0v) is 19.0. The van der Waals surface area contributed by atoms with Crippen molar-refractivity contribution in [2.45, 2.75) is 18.6 Å². The second-order valence-electron chi connectivity index (χ2n) is 6.70. The lowest BCUT2D eigenvalue weighted by Crippen LogP contribution is -2.25. The molecule has 0 bridgehead atoms. The number of rotatable bonds is 8. The largest absolute Gasteiger partial charge is 0.345 e. The van der Waals surface area contributed by atoms with Gasteiger partial charge in [0.1, 0.15) is 10.8 Å². The normalized spacial score (nSPS) is 10.7. The number of aryl methyl sites for hydroxylation is 1. The fourth-order valence-corrected chi connectivity index (χ4v) is 4.26. The number of benzene rings is 2. The van der Waals surface area contributed by atoms with E-state index in [1.165, 1.54) is 41.3 Å². The number of nitrogens with zero attached hydrogens (tertiary/aromatic N) is 5. The van der Waals surface area contributed by atoms with E-state index in [0.29, 0.717) is 16.1 Å². The van der Waals surface area contributed by atoms with E-state index in [-0.39, 0.29) is 23.8 Å². The molecule has 168 valence electrons. The molecule has 0 aliphatic carbocycles. The highest BCUT2D eigenvalue weighted by atomic mass is 32.2. The Labute approximate surface area is 196 Å². The van der Waals surface area contributed by atoms with Crippen LogP contribution < -0.4 is 10.6 Å². The first kappa shape index (κ1) is 22.6. The second-order valence-corrected chi connectivity index (χ2v) is 8.82. The maximum atomic E-state index is 13.9. The summed E-state index contributed by atoms with van der Waals surface area (Å²) in [6, 6.07) is 15.1. The van der Waals surface area contributed by atoms with Crippen LogP contribution in [0.1, 0.15) is 21.2 Å². The van der Waals surface area contributed by atoms with Crippen molar-refractivity contribution in [1.82, 2.24) is 30.3 Å². The van der Waals surface area contributed by atoms with Crippen LogP contribution in [0.5, 0.6) is 0 Å². The Bertz CT molecular complexity index is 1280. The lowest BCUT2D eigenvalue weighted by Gasteiger charge is -2.11. The van der Waals surface area contributed by atoms with Crippen LogP contribution in [0.4, 0.5) is 9.52 Å². The van der Waals surface area contributed by atoms with E-state index in [1.807, 2.05) is 30.3 Å². The van der Waals surface area contributed by atoms with Crippen molar-refractivity contribution < 1.29 is 14.0 Å². The fourth-order valence-electron chi connectivity index (χ4n) is 2.88. The van der Waals surface area contributed by atoms with Crippen LogP contribution in [0.2, 0.25) is 0 Å². The molecular formula is C21H18FN7O2S2. The minimum atomic E-state index is -0.604. The molecule has 2 aromatic heterocycles. The summed E-state index contributed by atoms with van der Waals surface area (Å²) in [6.45, 7) is 1.82. The number of aromatic nitrogens is 5. The van der Waals surface area contributed by atoms with E-state index in [1.54, 1.807) is 17.6 Å². The average Bonchev–Trinajstić information content (AvgIpc) is 3.42. The molecule has 0 spiro atoms. The van der Waals surface area contributed by atoms with Crippen molar-refractivity contribution >= 4 is 40.0 Å². The topological polar surface area (TPSA) is 115 Å². The van der Waals surface area contributed by atoms with Gasteiger partial charge < -0.3 is 5.32 Å². The molecule has 0 saturated carbocycles. The third kappa shape index (κ3) is 5.59. The Hall–Kier alpha value is -3.64. The monoisotopic (exact) mass is 483 g/mol. The first-order chi connectivity index (χ1) is 16.0. The van der Waals surface area contributed by atoms with E-state index >= 15 is 0 Å². The molecular weight excluding hydrogens is 465 g/mol. The molecule has 4 aromatic rings. The predicted molar refractivity (Wildman–Crippen MR) is 123 cm³/mol. The van der Waals surface area contributed by atoms with Gasteiger partial charge in [-0.2, -0.15) is 0 Å². The van der Waals surface area contributed by atoms with Crippen molar-refractivity contribution in [3.63, 3.8) is 0 Å². The average molecular weight is 484 g/mol. The molecule has 12 heteroatoms. The molecule has 2 heterocycles. The Morgan fingerprint density at radius 1 is 1.03 bits per heavy atom. The van der Waals surface area contributed by atoms with Crippen molar-refractivity contribution in [1.29, 1.82) is 0 Å². The molecule has 0 atom stereocenters. The molecule has 2 amide bonds. The van der Waals surface area contributed by atoms with E-state index in [0.717, 1.165) is 10.7 Å². The van der Waals surface area contributed by atoms with Gasteiger partial charge in [-0.25, -0.2) is 4.39 Å². The molecule has 0 unspecified atom stereocenters. The third-order valence-corrected chi connectivity index (χ3v) is 6.03. The Kier molecular flexibility index (Phi) is 7.05. The first-order valence-corrected chi connectivity index (χ1v) is 11.6. The number of halogens is 1. The van der Waals surface area contributed by atoms with Crippen molar-refractivity contribution in [3.05, 3.63) is 76.8 Å². The highest BCUT2D eigenvalue weighted by molar-refractivity contribution is 7.99. The highest BCUT2D eigenvalue weighted by Crippen LogP contribution is 2.23. The number of anilines is 1. The van der Waals surface area contributed by atoms with Crippen LogP contribution in [0, 0.1) is 12.7 Å². The minimum absolute atomic E-state index is 0.0197. The van der Waals surface area contributed by atoms with Gasteiger partial charge in [-0.05, 0) is 31.2 Å². The molecule has 9 nitrogen and oxygen atoms in total. The van der Waals surface area contributed by atoms with Crippen LogP contribution in [-0.4, -0.2) is 42.5 Å². The van der Waals surface area contributed by atoms with Gasteiger partial charge in [0, 0.05) is 5.69 Å². The summed E-state index contributed by atoms with van der Waals surface area (Å²) >= 11 is 2.48. The van der Waals surface area contributed by atoms with E-state index in [4.69, 9.17) is 0 Å². The number of nitrogens with one attached hydrogen (secondary N) is 2. The zero-order chi connectivity index (χ0) is 23.2. The number of thioether (sulfide) groups is 1. The lowest BCUT2D eigenvalue weighted by atomic mass is 10.2. The molecule has 2 aromatic carbocycles.